The first-order valence-corrected chi connectivity index (χ1v) is 6.36. The highest BCUT2D eigenvalue weighted by Crippen LogP contribution is 2.20. The first-order valence-electron chi connectivity index (χ1n) is 6.36. The van der Waals surface area contributed by atoms with Gasteiger partial charge in [0.15, 0.2) is 0 Å². The molecule has 4 nitrogen and oxygen atoms in total. The Hall–Kier alpha value is -1.39. The molecule has 0 radical (unpaired) electrons. The summed E-state index contributed by atoms with van der Waals surface area (Å²) >= 11 is 0. The summed E-state index contributed by atoms with van der Waals surface area (Å²) in [6.45, 7) is 4.42. The summed E-state index contributed by atoms with van der Waals surface area (Å²) in [5, 5.41) is 3.09. The maximum absolute atomic E-state index is 12.5. The molecular weight excluding hydrogens is 226 g/mol. The van der Waals surface area contributed by atoms with Gasteiger partial charge in [-0.15, -0.1) is 0 Å². The Bertz CT molecular complexity index is 416. The molecule has 98 valence electrons. The van der Waals surface area contributed by atoms with Crippen molar-refractivity contribution in [2.75, 3.05) is 38.6 Å². The molecule has 0 aromatic heterocycles. The zero-order valence-corrected chi connectivity index (χ0v) is 11.3. The molecule has 1 saturated heterocycles. The summed E-state index contributed by atoms with van der Waals surface area (Å²) in [4.78, 5) is 16.5. The molecule has 1 atom stereocenters. The van der Waals surface area contributed by atoms with E-state index in [4.69, 9.17) is 0 Å². The molecule has 1 fully saturated rings. The molecule has 1 unspecified atom stereocenters. The molecule has 0 saturated carbocycles. The van der Waals surface area contributed by atoms with Gasteiger partial charge in [-0.1, -0.05) is 17.7 Å². The van der Waals surface area contributed by atoms with Gasteiger partial charge in [0.1, 0.15) is 6.04 Å². The number of benzene rings is 1. The molecule has 1 aliphatic heterocycles. The van der Waals surface area contributed by atoms with E-state index in [0.717, 1.165) is 18.8 Å². The maximum Gasteiger partial charge on any atom is 0.245 e. The Kier molecular flexibility index (Phi) is 3.99. The number of nitrogens with zero attached hydrogens (tertiary/aromatic N) is 2. The Balaban J connectivity index is 2.18. The molecule has 1 heterocycles. The molecule has 2 rings (SSSR count). The van der Waals surface area contributed by atoms with Gasteiger partial charge in [0.2, 0.25) is 5.91 Å². The normalized spacial score (nSPS) is 21.4. The Morgan fingerprint density at radius 3 is 2.56 bits per heavy atom. The molecule has 4 heteroatoms. The number of carbonyl (C=O) groups excluding carboxylic acids is 1. The van der Waals surface area contributed by atoms with E-state index in [1.54, 1.807) is 0 Å². The number of aryl methyl sites for hydroxylation is 1. The van der Waals surface area contributed by atoms with Gasteiger partial charge in [-0.25, -0.2) is 0 Å². The average Bonchev–Trinajstić information content (AvgIpc) is 2.36. The van der Waals surface area contributed by atoms with E-state index in [9.17, 15) is 4.79 Å². The smallest absolute Gasteiger partial charge is 0.245 e. The molecule has 1 N–H and O–H groups in total. The van der Waals surface area contributed by atoms with E-state index < -0.39 is 0 Å². The number of nitrogens with one attached hydrogen (secondary N) is 1. The van der Waals surface area contributed by atoms with Gasteiger partial charge in [0.05, 0.1) is 0 Å². The lowest BCUT2D eigenvalue weighted by Crippen LogP contribution is -2.58. The fourth-order valence-corrected chi connectivity index (χ4v) is 2.31. The van der Waals surface area contributed by atoms with E-state index in [0.29, 0.717) is 6.54 Å². The van der Waals surface area contributed by atoms with Crippen molar-refractivity contribution in [3.05, 3.63) is 29.8 Å². The standard InChI is InChI=1S/C14H21N3O/c1-11-4-6-12(7-5-11)17-9-8-16(3)13(10-15-2)14(17)18/h4-7,13,15H,8-10H2,1-3H3. The quantitative estimate of drug-likeness (QED) is 0.860. The predicted molar refractivity (Wildman–Crippen MR) is 73.9 cm³/mol. The lowest BCUT2D eigenvalue weighted by atomic mass is 10.1. The second-order valence-electron chi connectivity index (χ2n) is 4.88. The third-order valence-electron chi connectivity index (χ3n) is 3.50. The van der Waals surface area contributed by atoms with E-state index in [1.165, 1.54) is 5.56 Å². The van der Waals surface area contributed by atoms with E-state index in [-0.39, 0.29) is 11.9 Å². The SMILES string of the molecule is CNCC1C(=O)N(c2ccc(C)cc2)CCN1C. The molecular formula is C14H21N3O. The summed E-state index contributed by atoms with van der Waals surface area (Å²) in [6, 6.07) is 8.08. The van der Waals surface area contributed by atoms with Crippen LogP contribution in [0.25, 0.3) is 0 Å². The molecule has 1 aliphatic rings. The minimum absolute atomic E-state index is 0.0648. The number of amides is 1. The molecule has 1 aromatic carbocycles. The number of anilines is 1. The van der Waals surface area contributed by atoms with Crippen LogP contribution in [0.2, 0.25) is 0 Å². The van der Waals surface area contributed by atoms with Crippen LogP contribution in [0.4, 0.5) is 5.69 Å². The van der Waals surface area contributed by atoms with Gasteiger partial charge in [-0.2, -0.15) is 0 Å². The molecule has 18 heavy (non-hydrogen) atoms. The summed E-state index contributed by atoms with van der Waals surface area (Å²) in [5.74, 6) is 0.182. The van der Waals surface area contributed by atoms with Crippen molar-refractivity contribution in [1.82, 2.24) is 10.2 Å². The number of piperazine rings is 1. The van der Waals surface area contributed by atoms with Crippen LogP contribution < -0.4 is 10.2 Å². The number of carbonyl (C=O) groups is 1. The highest BCUT2D eigenvalue weighted by molar-refractivity contribution is 5.98. The van der Waals surface area contributed by atoms with Crippen molar-refractivity contribution < 1.29 is 4.79 Å². The monoisotopic (exact) mass is 247 g/mol. The van der Waals surface area contributed by atoms with Crippen LogP contribution >= 0.6 is 0 Å². The highest BCUT2D eigenvalue weighted by Gasteiger charge is 2.32. The lowest BCUT2D eigenvalue weighted by Gasteiger charge is -2.38. The van der Waals surface area contributed by atoms with Crippen molar-refractivity contribution in [3.63, 3.8) is 0 Å². The molecule has 0 spiro atoms. The zero-order valence-electron chi connectivity index (χ0n) is 11.3. The first kappa shape index (κ1) is 13.1. The molecule has 0 aliphatic carbocycles. The van der Waals surface area contributed by atoms with Crippen LogP contribution in [0, 0.1) is 6.92 Å². The summed E-state index contributed by atoms with van der Waals surface area (Å²) in [7, 11) is 3.89. The van der Waals surface area contributed by atoms with Gasteiger partial charge >= 0.3 is 0 Å². The van der Waals surface area contributed by atoms with Gasteiger partial charge < -0.3 is 10.2 Å². The number of hydrogen-bond acceptors (Lipinski definition) is 3. The van der Waals surface area contributed by atoms with Crippen molar-refractivity contribution in [1.29, 1.82) is 0 Å². The van der Waals surface area contributed by atoms with E-state index >= 15 is 0 Å². The summed E-state index contributed by atoms with van der Waals surface area (Å²) in [6.07, 6.45) is 0. The Morgan fingerprint density at radius 1 is 1.28 bits per heavy atom. The second-order valence-corrected chi connectivity index (χ2v) is 4.88. The van der Waals surface area contributed by atoms with Crippen LogP contribution in [-0.4, -0.2) is 50.6 Å². The van der Waals surface area contributed by atoms with Crippen LogP contribution in [-0.2, 0) is 4.79 Å². The average molecular weight is 247 g/mol. The maximum atomic E-state index is 12.5. The Labute approximate surface area is 109 Å². The molecule has 1 aromatic rings. The van der Waals surface area contributed by atoms with Crippen molar-refractivity contribution >= 4 is 11.6 Å². The van der Waals surface area contributed by atoms with Crippen LogP contribution in [0.15, 0.2) is 24.3 Å². The number of rotatable bonds is 3. The lowest BCUT2D eigenvalue weighted by molar-refractivity contribution is -0.125. The molecule has 1 amide bonds. The Morgan fingerprint density at radius 2 is 1.94 bits per heavy atom. The highest BCUT2D eigenvalue weighted by atomic mass is 16.2. The topological polar surface area (TPSA) is 35.6 Å². The minimum atomic E-state index is -0.0648. The first-order chi connectivity index (χ1) is 8.63. The van der Waals surface area contributed by atoms with Gasteiger partial charge in [-0.05, 0) is 33.2 Å². The third-order valence-corrected chi connectivity index (χ3v) is 3.50. The van der Waals surface area contributed by atoms with Crippen molar-refractivity contribution in [2.45, 2.75) is 13.0 Å². The third kappa shape index (κ3) is 2.54. The molecule has 0 bridgehead atoms. The fraction of sp³-hybridized carbons (Fsp3) is 0.500. The number of hydrogen-bond donors (Lipinski definition) is 1. The summed E-state index contributed by atoms with van der Waals surface area (Å²) < 4.78 is 0. The van der Waals surface area contributed by atoms with Crippen LogP contribution in [0.1, 0.15) is 5.56 Å². The zero-order chi connectivity index (χ0) is 13.1. The van der Waals surface area contributed by atoms with Crippen LogP contribution in [0.5, 0.6) is 0 Å². The largest absolute Gasteiger partial charge is 0.318 e. The van der Waals surface area contributed by atoms with Gasteiger partial charge in [0.25, 0.3) is 0 Å². The summed E-state index contributed by atoms with van der Waals surface area (Å²) in [5.41, 5.74) is 2.21. The van der Waals surface area contributed by atoms with Crippen LogP contribution in [0.3, 0.4) is 0 Å². The number of likely N-dealkylation sites (N-methyl/N-ethyl adjacent to an activating group) is 2. The van der Waals surface area contributed by atoms with E-state index in [1.807, 2.05) is 43.3 Å². The minimum Gasteiger partial charge on any atom is -0.318 e. The van der Waals surface area contributed by atoms with Gasteiger partial charge in [0, 0.05) is 25.3 Å². The predicted octanol–water partition coefficient (Wildman–Crippen LogP) is 0.861. The van der Waals surface area contributed by atoms with Crippen molar-refractivity contribution in [2.24, 2.45) is 0 Å². The second kappa shape index (κ2) is 5.50. The van der Waals surface area contributed by atoms with Gasteiger partial charge in [-0.3, -0.25) is 9.69 Å². The van der Waals surface area contributed by atoms with E-state index in [2.05, 4.69) is 17.1 Å². The van der Waals surface area contributed by atoms with Crippen molar-refractivity contribution in [3.8, 4) is 0 Å². The fourth-order valence-electron chi connectivity index (χ4n) is 2.31.